The lowest BCUT2D eigenvalue weighted by Crippen LogP contribution is -2.50. The summed E-state index contributed by atoms with van der Waals surface area (Å²) < 4.78 is 1.03. The van der Waals surface area contributed by atoms with E-state index in [-0.39, 0.29) is 0 Å². The van der Waals surface area contributed by atoms with Gasteiger partial charge in [-0.2, -0.15) is 0 Å². The Kier molecular flexibility index (Phi) is 3.03. The lowest BCUT2D eigenvalue weighted by molar-refractivity contribution is 0.497. The number of anilines is 1. The van der Waals surface area contributed by atoms with Gasteiger partial charge in [-0.05, 0) is 35.0 Å². The highest BCUT2D eigenvalue weighted by atomic mass is 79.9. The molecule has 14 heavy (non-hydrogen) atoms. The van der Waals surface area contributed by atoms with Gasteiger partial charge in [-0.1, -0.05) is 0 Å². The third-order valence-electron chi connectivity index (χ3n) is 2.51. The van der Waals surface area contributed by atoms with E-state index in [1.165, 1.54) is 0 Å². The Morgan fingerprint density at radius 1 is 1.57 bits per heavy atom. The average molecular weight is 256 g/mol. The molecule has 3 nitrogen and oxygen atoms in total. The van der Waals surface area contributed by atoms with E-state index in [1.54, 1.807) is 0 Å². The third kappa shape index (κ3) is 2.07. The first-order valence-electron chi connectivity index (χ1n) is 4.86. The summed E-state index contributed by atoms with van der Waals surface area (Å²) in [5.74, 6) is 1.07. The largest absolute Gasteiger partial charge is 0.351 e. The van der Waals surface area contributed by atoms with Crippen LogP contribution in [0.25, 0.3) is 0 Å². The van der Waals surface area contributed by atoms with Crippen molar-refractivity contribution in [1.29, 1.82) is 0 Å². The zero-order chi connectivity index (χ0) is 9.97. The lowest BCUT2D eigenvalue weighted by Gasteiger charge is -2.34. The number of piperazine rings is 1. The molecule has 0 aliphatic carbocycles. The summed E-state index contributed by atoms with van der Waals surface area (Å²) in [6, 6.07) is 4.63. The van der Waals surface area contributed by atoms with Gasteiger partial charge in [0.25, 0.3) is 0 Å². The summed E-state index contributed by atoms with van der Waals surface area (Å²) in [4.78, 5) is 6.74. The minimum absolute atomic E-state index is 0.525. The fourth-order valence-electron chi connectivity index (χ4n) is 1.72. The quantitative estimate of drug-likeness (QED) is 0.828. The first-order chi connectivity index (χ1) is 6.77. The van der Waals surface area contributed by atoms with Crippen LogP contribution in [0.3, 0.4) is 0 Å². The second-order valence-electron chi connectivity index (χ2n) is 3.58. The van der Waals surface area contributed by atoms with Crippen molar-refractivity contribution in [3.8, 4) is 0 Å². The molecule has 4 heteroatoms. The van der Waals surface area contributed by atoms with Crippen molar-refractivity contribution >= 4 is 21.7 Å². The zero-order valence-corrected chi connectivity index (χ0v) is 9.79. The molecule has 1 saturated heterocycles. The maximum absolute atomic E-state index is 4.40. The van der Waals surface area contributed by atoms with Crippen LogP contribution >= 0.6 is 15.9 Å². The Labute approximate surface area is 92.6 Å². The van der Waals surface area contributed by atoms with Crippen LogP contribution in [0, 0.1) is 0 Å². The number of halogens is 1. The highest BCUT2D eigenvalue weighted by Gasteiger charge is 2.18. The van der Waals surface area contributed by atoms with E-state index >= 15 is 0 Å². The maximum atomic E-state index is 4.40. The molecule has 1 atom stereocenters. The van der Waals surface area contributed by atoms with Crippen molar-refractivity contribution in [2.24, 2.45) is 0 Å². The fraction of sp³-hybridized carbons (Fsp3) is 0.500. The van der Waals surface area contributed by atoms with Crippen LogP contribution in [-0.2, 0) is 0 Å². The van der Waals surface area contributed by atoms with Crippen LogP contribution in [0.2, 0.25) is 0 Å². The Bertz CT molecular complexity index is 299. The molecule has 1 aliphatic rings. The number of aromatic nitrogens is 1. The van der Waals surface area contributed by atoms with E-state index in [0.29, 0.717) is 6.04 Å². The van der Waals surface area contributed by atoms with E-state index in [1.807, 2.05) is 12.3 Å². The Hall–Kier alpha value is -0.610. The minimum Gasteiger partial charge on any atom is -0.351 e. The molecule has 1 fully saturated rings. The number of pyridine rings is 1. The molecule has 2 rings (SSSR count). The summed E-state index contributed by atoms with van der Waals surface area (Å²) in [5, 5.41) is 3.37. The van der Waals surface area contributed by atoms with Gasteiger partial charge in [-0.15, -0.1) is 0 Å². The van der Waals surface area contributed by atoms with E-state index in [4.69, 9.17) is 0 Å². The fourth-order valence-corrected chi connectivity index (χ4v) is 1.95. The van der Waals surface area contributed by atoms with Gasteiger partial charge in [0, 0.05) is 36.3 Å². The van der Waals surface area contributed by atoms with Crippen LogP contribution in [0.4, 0.5) is 5.82 Å². The molecular formula is C10H14BrN3. The SMILES string of the molecule is CC1CNCCN1c1ccc(Br)cn1. The second kappa shape index (κ2) is 4.28. The third-order valence-corrected chi connectivity index (χ3v) is 2.98. The first-order valence-corrected chi connectivity index (χ1v) is 5.65. The number of nitrogens with zero attached hydrogens (tertiary/aromatic N) is 2. The molecule has 1 aromatic rings. The standard InChI is InChI=1S/C10H14BrN3/c1-8-6-12-4-5-14(8)10-3-2-9(11)7-13-10/h2-3,7-8,12H,4-6H2,1H3. The molecule has 0 amide bonds. The van der Waals surface area contributed by atoms with Crippen molar-refractivity contribution in [2.75, 3.05) is 24.5 Å². The van der Waals surface area contributed by atoms with Gasteiger partial charge in [0.05, 0.1) is 0 Å². The Balaban J connectivity index is 2.16. The van der Waals surface area contributed by atoms with Crippen molar-refractivity contribution in [1.82, 2.24) is 10.3 Å². The van der Waals surface area contributed by atoms with Crippen molar-refractivity contribution < 1.29 is 0 Å². The monoisotopic (exact) mass is 255 g/mol. The van der Waals surface area contributed by atoms with Crippen LogP contribution in [-0.4, -0.2) is 30.7 Å². The molecule has 2 heterocycles. The molecule has 0 bridgehead atoms. The van der Waals surface area contributed by atoms with Gasteiger partial charge >= 0.3 is 0 Å². The van der Waals surface area contributed by atoms with E-state index in [2.05, 4.69) is 44.1 Å². The number of hydrogen-bond donors (Lipinski definition) is 1. The molecule has 1 aromatic heterocycles. The van der Waals surface area contributed by atoms with Crippen molar-refractivity contribution in [3.05, 3.63) is 22.8 Å². The van der Waals surface area contributed by atoms with Crippen LogP contribution in [0.15, 0.2) is 22.8 Å². The smallest absolute Gasteiger partial charge is 0.128 e. The van der Waals surface area contributed by atoms with E-state index in [9.17, 15) is 0 Å². The normalized spacial score (nSPS) is 22.4. The van der Waals surface area contributed by atoms with Gasteiger partial charge in [0.1, 0.15) is 5.82 Å². The van der Waals surface area contributed by atoms with Crippen molar-refractivity contribution in [3.63, 3.8) is 0 Å². The zero-order valence-electron chi connectivity index (χ0n) is 8.20. The molecule has 0 spiro atoms. The first kappa shape index (κ1) is 9.93. The lowest BCUT2D eigenvalue weighted by atomic mass is 10.2. The van der Waals surface area contributed by atoms with Crippen LogP contribution < -0.4 is 10.2 Å². The predicted molar refractivity (Wildman–Crippen MR) is 61.6 cm³/mol. The average Bonchev–Trinajstić information content (AvgIpc) is 2.20. The van der Waals surface area contributed by atoms with Crippen molar-refractivity contribution in [2.45, 2.75) is 13.0 Å². The highest BCUT2D eigenvalue weighted by Crippen LogP contribution is 2.17. The van der Waals surface area contributed by atoms with Crippen LogP contribution in [0.5, 0.6) is 0 Å². The number of rotatable bonds is 1. The molecule has 1 N–H and O–H groups in total. The molecule has 1 unspecified atom stereocenters. The van der Waals surface area contributed by atoms with Gasteiger partial charge in [-0.25, -0.2) is 4.98 Å². The molecule has 76 valence electrons. The molecule has 0 radical (unpaired) electrons. The predicted octanol–water partition coefficient (Wildman–Crippen LogP) is 1.64. The van der Waals surface area contributed by atoms with Gasteiger partial charge in [0.2, 0.25) is 0 Å². The number of nitrogens with one attached hydrogen (secondary N) is 1. The van der Waals surface area contributed by atoms with Gasteiger partial charge < -0.3 is 10.2 Å². The van der Waals surface area contributed by atoms with E-state index in [0.717, 1.165) is 29.9 Å². The molecule has 0 aromatic carbocycles. The summed E-state index contributed by atoms with van der Waals surface area (Å²) >= 11 is 3.39. The summed E-state index contributed by atoms with van der Waals surface area (Å²) in [6.45, 7) is 5.34. The van der Waals surface area contributed by atoms with Gasteiger partial charge in [0.15, 0.2) is 0 Å². The molecule has 0 saturated carbocycles. The van der Waals surface area contributed by atoms with E-state index < -0.39 is 0 Å². The number of hydrogen-bond acceptors (Lipinski definition) is 3. The maximum Gasteiger partial charge on any atom is 0.128 e. The van der Waals surface area contributed by atoms with Gasteiger partial charge in [-0.3, -0.25) is 0 Å². The Morgan fingerprint density at radius 2 is 2.43 bits per heavy atom. The molecular weight excluding hydrogens is 242 g/mol. The summed E-state index contributed by atoms with van der Waals surface area (Å²) in [5.41, 5.74) is 0. The summed E-state index contributed by atoms with van der Waals surface area (Å²) in [7, 11) is 0. The van der Waals surface area contributed by atoms with Crippen LogP contribution in [0.1, 0.15) is 6.92 Å². The highest BCUT2D eigenvalue weighted by molar-refractivity contribution is 9.10. The molecule has 1 aliphatic heterocycles. The summed E-state index contributed by atoms with van der Waals surface area (Å²) in [6.07, 6.45) is 1.85. The second-order valence-corrected chi connectivity index (χ2v) is 4.50. The Morgan fingerprint density at radius 3 is 3.07 bits per heavy atom. The topological polar surface area (TPSA) is 28.2 Å². The minimum atomic E-state index is 0.525.